The second-order valence-corrected chi connectivity index (χ2v) is 3.16. The molecule has 0 aliphatic heterocycles. The van der Waals surface area contributed by atoms with Crippen molar-refractivity contribution in [3.63, 3.8) is 0 Å². The number of aromatic hydroxyl groups is 1. The molecule has 0 amide bonds. The van der Waals surface area contributed by atoms with Crippen molar-refractivity contribution in [2.45, 2.75) is 19.3 Å². The fourth-order valence-corrected chi connectivity index (χ4v) is 1.56. The summed E-state index contributed by atoms with van der Waals surface area (Å²) in [5.74, 6) is 0.417. The van der Waals surface area contributed by atoms with Gasteiger partial charge in [-0.3, -0.25) is 4.79 Å². The van der Waals surface area contributed by atoms with Crippen molar-refractivity contribution in [2.24, 2.45) is 0 Å². The van der Waals surface area contributed by atoms with Crippen LogP contribution in [0.15, 0.2) is 12.3 Å². The van der Waals surface area contributed by atoms with Crippen LogP contribution in [0.1, 0.15) is 35.3 Å². The average Bonchev–Trinajstić information content (AvgIpc) is 2.28. The van der Waals surface area contributed by atoms with Crippen molar-refractivity contribution < 1.29 is 9.90 Å². The molecule has 0 saturated carbocycles. The summed E-state index contributed by atoms with van der Waals surface area (Å²) in [5, 5.41) is 9.13. The van der Waals surface area contributed by atoms with Crippen LogP contribution in [0.4, 0.5) is 0 Å². The standard InChI is InChI=1S/C9H9NO2/c1-5-2-8(12)9-7(5)3-6(11)4-10-9/h3-5,11H,2H2,1H3/t5-/m1/s1. The third-order valence-corrected chi connectivity index (χ3v) is 2.19. The zero-order chi connectivity index (χ0) is 8.72. The Bertz CT molecular complexity index is 346. The molecule has 1 heterocycles. The molecule has 1 aliphatic rings. The predicted octanol–water partition coefficient (Wildman–Crippen LogP) is 1.48. The smallest absolute Gasteiger partial charge is 0.182 e. The fraction of sp³-hybridized carbons (Fsp3) is 0.333. The lowest BCUT2D eigenvalue weighted by atomic mass is 10.1. The van der Waals surface area contributed by atoms with E-state index in [0.717, 1.165) is 5.56 Å². The van der Waals surface area contributed by atoms with E-state index in [1.807, 2.05) is 6.92 Å². The van der Waals surface area contributed by atoms with Gasteiger partial charge in [0.15, 0.2) is 5.78 Å². The van der Waals surface area contributed by atoms with E-state index >= 15 is 0 Å². The van der Waals surface area contributed by atoms with Gasteiger partial charge in [-0.25, -0.2) is 4.98 Å². The molecule has 3 heteroatoms. The molecule has 0 spiro atoms. The van der Waals surface area contributed by atoms with E-state index in [4.69, 9.17) is 5.11 Å². The molecule has 62 valence electrons. The SMILES string of the molecule is C[C@@H]1CC(=O)c2ncc(O)cc21. The summed E-state index contributed by atoms with van der Waals surface area (Å²) in [6.07, 6.45) is 1.83. The number of ketones is 1. The van der Waals surface area contributed by atoms with Crippen molar-refractivity contribution in [1.29, 1.82) is 0 Å². The zero-order valence-corrected chi connectivity index (χ0v) is 6.74. The predicted molar refractivity (Wildman–Crippen MR) is 43.3 cm³/mol. The highest BCUT2D eigenvalue weighted by molar-refractivity contribution is 5.99. The van der Waals surface area contributed by atoms with Gasteiger partial charge < -0.3 is 5.11 Å². The van der Waals surface area contributed by atoms with E-state index in [0.29, 0.717) is 12.1 Å². The topological polar surface area (TPSA) is 50.2 Å². The van der Waals surface area contributed by atoms with E-state index in [1.165, 1.54) is 6.20 Å². The molecular formula is C9H9NO2. The molecule has 0 bridgehead atoms. The van der Waals surface area contributed by atoms with Gasteiger partial charge in [-0.15, -0.1) is 0 Å². The molecule has 0 radical (unpaired) electrons. The summed E-state index contributed by atoms with van der Waals surface area (Å²) in [4.78, 5) is 15.1. The van der Waals surface area contributed by atoms with Gasteiger partial charge in [0.05, 0.1) is 6.20 Å². The molecule has 1 aromatic heterocycles. The Morgan fingerprint density at radius 2 is 2.42 bits per heavy atom. The molecule has 3 nitrogen and oxygen atoms in total. The quantitative estimate of drug-likeness (QED) is 0.630. The highest BCUT2D eigenvalue weighted by Gasteiger charge is 2.27. The van der Waals surface area contributed by atoms with Gasteiger partial charge in [0.2, 0.25) is 0 Å². The minimum atomic E-state index is 0.0810. The van der Waals surface area contributed by atoms with Crippen LogP contribution in [0, 0.1) is 0 Å². The van der Waals surface area contributed by atoms with E-state index in [9.17, 15) is 4.79 Å². The fourth-order valence-electron chi connectivity index (χ4n) is 1.56. The molecule has 1 aliphatic carbocycles. The average molecular weight is 163 g/mol. The number of hydrogen-bond acceptors (Lipinski definition) is 3. The lowest BCUT2D eigenvalue weighted by molar-refractivity contribution is 0.0986. The Kier molecular flexibility index (Phi) is 1.40. The van der Waals surface area contributed by atoms with Crippen molar-refractivity contribution >= 4 is 5.78 Å². The maximum atomic E-state index is 11.2. The first-order valence-electron chi connectivity index (χ1n) is 3.90. The van der Waals surface area contributed by atoms with Gasteiger partial charge in [0.25, 0.3) is 0 Å². The second kappa shape index (κ2) is 2.30. The summed E-state index contributed by atoms with van der Waals surface area (Å²) < 4.78 is 0. The number of carbonyl (C=O) groups excluding carboxylic acids is 1. The molecule has 12 heavy (non-hydrogen) atoms. The second-order valence-electron chi connectivity index (χ2n) is 3.16. The number of rotatable bonds is 0. The van der Waals surface area contributed by atoms with Crippen molar-refractivity contribution in [2.75, 3.05) is 0 Å². The number of aromatic nitrogens is 1. The number of carbonyl (C=O) groups is 1. The lowest BCUT2D eigenvalue weighted by Crippen LogP contribution is -1.94. The first-order valence-corrected chi connectivity index (χ1v) is 3.90. The van der Waals surface area contributed by atoms with Gasteiger partial charge in [-0.05, 0) is 17.5 Å². The molecule has 1 aromatic rings. The molecule has 0 fully saturated rings. The third-order valence-electron chi connectivity index (χ3n) is 2.19. The lowest BCUT2D eigenvalue weighted by Gasteiger charge is -2.01. The van der Waals surface area contributed by atoms with Gasteiger partial charge in [-0.2, -0.15) is 0 Å². The van der Waals surface area contributed by atoms with Crippen molar-refractivity contribution in [3.8, 4) is 5.75 Å². The van der Waals surface area contributed by atoms with Crippen LogP contribution >= 0.6 is 0 Å². The Morgan fingerprint density at radius 1 is 1.67 bits per heavy atom. The van der Waals surface area contributed by atoms with Crippen LogP contribution in [0.2, 0.25) is 0 Å². The number of nitrogens with zero attached hydrogens (tertiary/aromatic N) is 1. The minimum absolute atomic E-state index is 0.0810. The molecular weight excluding hydrogens is 154 g/mol. The van der Waals surface area contributed by atoms with Crippen molar-refractivity contribution in [3.05, 3.63) is 23.5 Å². The van der Waals surface area contributed by atoms with Gasteiger partial charge in [0.1, 0.15) is 11.4 Å². The number of Topliss-reactive ketones (excluding diaryl/α,β-unsaturated/α-hetero) is 1. The minimum Gasteiger partial charge on any atom is -0.506 e. The molecule has 1 N–H and O–H groups in total. The summed E-state index contributed by atoms with van der Waals surface area (Å²) >= 11 is 0. The van der Waals surface area contributed by atoms with E-state index in [1.54, 1.807) is 6.07 Å². The first kappa shape index (κ1) is 7.28. The summed E-state index contributed by atoms with van der Waals surface area (Å²) in [6.45, 7) is 1.96. The van der Waals surface area contributed by atoms with E-state index < -0.39 is 0 Å². The van der Waals surface area contributed by atoms with Gasteiger partial charge in [0, 0.05) is 6.42 Å². The largest absolute Gasteiger partial charge is 0.506 e. The first-order chi connectivity index (χ1) is 5.68. The Hall–Kier alpha value is -1.38. The van der Waals surface area contributed by atoms with Gasteiger partial charge >= 0.3 is 0 Å². The monoisotopic (exact) mass is 163 g/mol. The maximum absolute atomic E-state index is 11.2. The summed E-state index contributed by atoms with van der Waals surface area (Å²) in [6, 6.07) is 1.62. The van der Waals surface area contributed by atoms with E-state index in [2.05, 4.69) is 4.98 Å². The van der Waals surface area contributed by atoms with Crippen LogP contribution in [-0.2, 0) is 0 Å². The third kappa shape index (κ3) is 0.897. The van der Waals surface area contributed by atoms with Crippen LogP contribution < -0.4 is 0 Å². The maximum Gasteiger partial charge on any atom is 0.182 e. The number of fused-ring (bicyclic) bond motifs is 1. The highest BCUT2D eigenvalue weighted by atomic mass is 16.3. The molecule has 0 unspecified atom stereocenters. The molecule has 0 saturated heterocycles. The van der Waals surface area contributed by atoms with Crippen LogP contribution in [0.25, 0.3) is 0 Å². The number of hydrogen-bond donors (Lipinski definition) is 1. The van der Waals surface area contributed by atoms with E-state index in [-0.39, 0.29) is 17.5 Å². The van der Waals surface area contributed by atoms with Crippen molar-refractivity contribution in [1.82, 2.24) is 4.98 Å². The Morgan fingerprint density at radius 3 is 3.17 bits per heavy atom. The summed E-state index contributed by atoms with van der Waals surface area (Å²) in [7, 11) is 0. The van der Waals surface area contributed by atoms with Crippen LogP contribution in [0.5, 0.6) is 5.75 Å². The number of pyridine rings is 1. The normalized spacial score (nSPS) is 21.1. The molecule has 0 aromatic carbocycles. The highest BCUT2D eigenvalue weighted by Crippen LogP contribution is 2.32. The Balaban J connectivity index is 2.60. The Labute approximate surface area is 70.1 Å². The summed E-state index contributed by atoms with van der Waals surface area (Å²) in [5.41, 5.74) is 1.40. The van der Waals surface area contributed by atoms with Crippen LogP contribution in [-0.4, -0.2) is 15.9 Å². The molecule has 1 atom stereocenters. The molecule has 2 rings (SSSR count). The van der Waals surface area contributed by atoms with Crippen LogP contribution in [0.3, 0.4) is 0 Å². The van der Waals surface area contributed by atoms with Gasteiger partial charge in [-0.1, -0.05) is 6.92 Å². The zero-order valence-electron chi connectivity index (χ0n) is 6.74.